The van der Waals surface area contributed by atoms with Crippen LogP contribution in [-0.2, 0) is 19.6 Å². The van der Waals surface area contributed by atoms with E-state index < -0.39 is 28.0 Å². The van der Waals surface area contributed by atoms with E-state index >= 15 is 0 Å². The molecule has 0 bridgehead atoms. The molecule has 0 saturated heterocycles. The molecule has 27 heavy (non-hydrogen) atoms. The van der Waals surface area contributed by atoms with Crippen LogP contribution >= 0.6 is 0 Å². The highest BCUT2D eigenvalue weighted by molar-refractivity contribution is 7.92. The largest absolute Gasteiger partial charge is 0.449 e. The topological polar surface area (TPSA) is 102 Å². The maximum atomic E-state index is 12.4. The van der Waals surface area contributed by atoms with Gasteiger partial charge in [0.25, 0.3) is 15.9 Å². The lowest BCUT2D eigenvalue weighted by Crippen LogP contribution is -2.35. The molecular weight excluding hydrogens is 368 g/mol. The van der Waals surface area contributed by atoms with Crippen molar-refractivity contribution in [2.75, 3.05) is 11.3 Å². The zero-order chi connectivity index (χ0) is 20.0. The van der Waals surface area contributed by atoms with E-state index in [-0.39, 0.29) is 10.5 Å². The fourth-order valence-electron chi connectivity index (χ4n) is 2.21. The van der Waals surface area contributed by atoms with Gasteiger partial charge in [-0.1, -0.05) is 17.7 Å². The van der Waals surface area contributed by atoms with Crippen molar-refractivity contribution in [1.82, 2.24) is 5.32 Å². The first-order chi connectivity index (χ1) is 12.7. The highest BCUT2D eigenvalue weighted by Gasteiger charge is 2.19. The van der Waals surface area contributed by atoms with Gasteiger partial charge in [-0.3, -0.25) is 9.52 Å². The number of ether oxygens (including phenoxy) is 1. The Bertz CT molecular complexity index is 906. The minimum atomic E-state index is -3.78. The van der Waals surface area contributed by atoms with Crippen molar-refractivity contribution >= 4 is 27.6 Å². The predicted molar refractivity (Wildman–Crippen MR) is 102 cm³/mol. The van der Waals surface area contributed by atoms with Gasteiger partial charge in [0.05, 0.1) is 10.5 Å². The number of amides is 1. The third-order valence-corrected chi connectivity index (χ3v) is 5.11. The van der Waals surface area contributed by atoms with E-state index in [1.54, 1.807) is 31.2 Å². The zero-order valence-electron chi connectivity index (χ0n) is 15.4. The third kappa shape index (κ3) is 5.55. The molecule has 0 radical (unpaired) electrons. The van der Waals surface area contributed by atoms with Gasteiger partial charge in [0.2, 0.25) is 0 Å². The molecule has 0 aliphatic rings. The molecule has 2 N–H and O–H groups in total. The summed E-state index contributed by atoms with van der Waals surface area (Å²) in [5.74, 6) is -1.10. The van der Waals surface area contributed by atoms with Crippen LogP contribution in [0.1, 0.15) is 29.8 Å². The Morgan fingerprint density at radius 2 is 1.63 bits per heavy atom. The molecule has 2 rings (SSSR count). The van der Waals surface area contributed by atoms with Gasteiger partial charge in [0, 0.05) is 12.2 Å². The molecule has 1 amide bonds. The molecule has 0 aliphatic heterocycles. The molecule has 144 valence electrons. The Balaban J connectivity index is 2.08. The number of carbonyl (C=O) groups excluding carboxylic acids is 2. The summed E-state index contributed by atoms with van der Waals surface area (Å²) in [6.45, 7) is 5.56. The van der Waals surface area contributed by atoms with Crippen molar-refractivity contribution in [3.05, 3.63) is 59.7 Å². The van der Waals surface area contributed by atoms with Gasteiger partial charge < -0.3 is 10.1 Å². The van der Waals surface area contributed by atoms with Crippen LogP contribution in [0.15, 0.2) is 53.4 Å². The first-order valence-corrected chi connectivity index (χ1v) is 9.89. The van der Waals surface area contributed by atoms with Crippen LogP contribution in [0.3, 0.4) is 0 Å². The summed E-state index contributed by atoms with van der Waals surface area (Å²) in [5, 5.41) is 2.55. The number of esters is 1. The molecule has 0 aliphatic carbocycles. The predicted octanol–water partition coefficient (Wildman–Crippen LogP) is 2.48. The second-order valence-corrected chi connectivity index (χ2v) is 7.62. The van der Waals surface area contributed by atoms with Crippen molar-refractivity contribution in [1.29, 1.82) is 0 Å². The number of hydrogen-bond acceptors (Lipinski definition) is 5. The van der Waals surface area contributed by atoms with Crippen molar-refractivity contribution in [2.24, 2.45) is 0 Å². The van der Waals surface area contributed by atoms with Gasteiger partial charge in [-0.25, -0.2) is 13.2 Å². The summed E-state index contributed by atoms with van der Waals surface area (Å²) in [5.41, 5.74) is 1.61. The first kappa shape index (κ1) is 20.4. The summed E-state index contributed by atoms with van der Waals surface area (Å²) >= 11 is 0. The van der Waals surface area contributed by atoms with E-state index in [1.807, 2.05) is 6.92 Å². The van der Waals surface area contributed by atoms with E-state index in [0.717, 1.165) is 5.56 Å². The summed E-state index contributed by atoms with van der Waals surface area (Å²) < 4.78 is 32.4. The molecule has 0 unspecified atom stereocenters. The van der Waals surface area contributed by atoms with E-state index in [9.17, 15) is 18.0 Å². The smallest absolute Gasteiger partial charge is 0.338 e. The second-order valence-electron chi connectivity index (χ2n) is 5.94. The van der Waals surface area contributed by atoms with Crippen LogP contribution in [-0.4, -0.2) is 32.9 Å². The maximum Gasteiger partial charge on any atom is 0.338 e. The number of rotatable bonds is 7. The molecule has 0 saturated carbocycles. The van der Waals surface area contributed by atoms with Gasteiger partial charge in [0.1, 0.15) is 0 Å². The first-order valence-electron chi connectivity index (χ1n) is 8.41. The lowest BCUT2D eigenvalue weighted by atomic mass is 10.2. The molecule has 0 aromatic heterocycles. The number of likely N-dealkylation sites (N-methyl/N-ethyl adjacent to an activating group) is 1. The normalized spacial score (nSPS) is 12.1. The molecule has 0 heterocycles. The molecule has 8 heteroatoms. The van der Waals surface area contributed by atoms with Crippen LogP contribution in [0.5, 0.6) is 0 Å². The summed E-state index contributed by atoms with van der Waals surface area (Å²) in [7, 11) is -3.78. The molecule has 2 aromatic carbocycles. The van der Waals surface area contributed by atoms with Crippen LogP contribution in [0.4, 0.5) is 5.69 Å². The van der Waals surface area contributed by atoms with E-state index in [0.29, 0.717) is 12.2 Å². The average molecular weight is 390 g/mol. The Kier molecular flexibility index (Phi) is 6.57. The monoisotopic (exact) mass is 390 g/mol. The zero-order valence-corrected chi connectivity index (χ0v) is 16.2. The number of anilines is 1. The van der Waals surface area contributed by atoms with Gasteiger partial charge in [-0.2, -0.15) is 0 Å². The van der Waals surface area contributed by atoms with E-state index in [2.05, 4.69) is 10.0 Å². The Hall–Kier alpha value is -2.87. The van der Waals surface area contributed by atoms with Crippen LogP contribution < -0.4 is 10.0 Å². The van der Waals surface area contributed by atoms with E-state index in [1.165, 1.54) is 31.2 Å². The molecular formula is C19H22N2O5S. The Morgan fingerprint density at radius 3 is 2.19 bits per heavy atom. The third-order valence-electron chi connectivity index (χ3n) is 3.71. The van der Waals surface area contributed by atoms with Gasteiger partial charge in [0.15, 0.2) is 6.10 Å². The summed E-state index contributed by atoms with van der Waals surface area (Å²) in [4.78, 5) is 23.7. The quantitative estimate of drug-likeness (QED) is 0.707. The van der Waals surface area contributed by atoms with Crippen LogP contribution in [0.2, 0.25) is 0 Å². The number of carbonyl (C=O) groups is 2. The standard InChI is InChI=1S/C19H22N2O5S/c1-4-20-18(22)14(3)26-19(23)15-7-11-17(12-8-15)27(24,25)21-16-9-5-13(2)6-10-16/h5-12,14,21H,4H2,1-3H3,(H,20,22)/t14-/m1/s1. The van der Waals surface area contributed by atoms with E-state index in [4.69, 9.17) is 4.74 Å². The number of hydrogen-bond donors (Lipinski definition) is 2. The van der Waals surface area contributed by atoms with Crippen LogP contribution in [0, 0.1) is 6.92 Å². The highest BCUT2D eigenvalue weighted by atomic mass is 32.2. The lowest BCUT2D eigenvalue weighted by molar-refractivity contribution is -0.128. The fourth-order valence-corrected chi connectivity index (χ4v) is 3.26. The van der Waals surface area contributed by atoms with Gasteiger partial charge in [-0.15, -0.1) is 0 Å². The SMILES string of the molecule is CCNC(=O)[C@@H](C)OC(=O)c1ccc(S(=O)(=O)Nc2ccc(C)cc2)cc1. The van der Waals surface area contributed by atoms with Crippen molar-refractivity contribution in [3.8, 4) is 0 Å². The Morgan fingerprint density at radius 1 is 1.04 bits per heavy atom. The van der Waals surface area contributed by atoms with Crippen LogP contribution in [0.25, 0.3) is 0 Å². The molecule has 7 nitrogen and oxygen atoms in total. The summed E-state index contributed by atoms with van der Waals surface area (Å²) in [6, 6.07) is 12.2. The minimum Gasteiger partial charge on any atom is -0.449 e. The summed E-state index contributed by atoms with van der Waals surface area (Å²) in [6.07, 6.45) is -0.941. The average Bonchev–Trinajstić information content (AvgIpc) is 2.63. The van der Waals surface area contributed by atoms with Crippen molar-refractivity contribution < 1.29 is 22.7 Å². The molecule has 1 atom stereocenters. The van der Waals surface area contributed by atoms with Crippen molar-refractivity contribution in [2.45, 2.75) is 31.8 Å². The lowest BCUT2D eigenvalue weighted by Gasteiger charge is -2.13. The highest BCUT2D eigenvalue weighted by Crippen LogP contribution is 2.17. The minimum absolute atomic E-state index is 0.0106. The number of benzene rings is 2. The number of aryl methyl sites for hydroxylation is 1. The Labute approximate surface area is 158 Å². The maximum absolute atomic E-state index is 12.4. The van der Waals surface area contributed by atoms with Crippen molar-refractivity contribution in [3.63, 3.8) is 0 Å². The molecule has 2 aromatic rings. The van der Waals surface area contributed by atoms with Gasteiger partial charge >= 0.3 is 5.97 Å². The van der Waals surface area contributed by atoms with Gasteiger partial charge in [-0.05, 0) is 57.2 Å². The second kappa shape index (κ2) is 8.68. The molecule has 0 spiro atoms. The number of nitrogens with one attached hydrogen (secondary N) is 2. The molecule has 0 fully saturated rings. The fraction of sp³-hybridized carbons (Fsp3) is 0.263. The number of sulfonamides is 1.